The molecule has 0 radical (unpaired) electrons. The highest BCUT2D eigenvalue weighted by atomic mass is 16.2. The molecular weight excluding hydrogens is 254 g/mol. The average Bonchev–Trinajstić information content (AvgIpc) is 3.01. The first-order valence-electron chi connectivity index (χ1n) is 6.86. The van der Waals surface area contributed by atoms with Gasteiger partial charge in [0.15, 0.2) is 0 Å². The van der Waals surface area contributed by atoms with Gasteiger partial charge in [-0.15, -0.1) is 0 Å². The van der Waals surface area contributed by atoms with Crippen LogP contribution in [0.25, 0.3) is 11.0 Å². The lowest BCUT2D eigenvalue weighted by molar-refractivity contribution is 0.441. The topological polar surface area (TPSA) is 77.8 Å². The molecule has 1 aliphatic carbocycles. The zero-order valence-electron chi connectivity index (χ0n) is 11.9. The molecular formula is C15H19N3O2. The number of aromatic nitrogens is 2. The van der Waals surface area contributed by atoms with Gasteiger partial charge in [-0.2, -0.15) is 0 Å². The summed E-state index contributed by atoms with van der Waals surface area (Å²) in [5.41, 5.74) is 1.61. The Morgan fingerprint density at radius 2 is 1.80 bits per heavy atom. The Balaban J connectivity index is 2.06. The normalized spacial score (nSPS) is 21.9. The van der Waals surface area contributed by atoms with E-state index in [-0.39, 0.29) is 6.04 Å². The Morgan fingerprint density at radius 1 is 1.20 bits per heavy atom. The van der Waals surface area contributed by atoms with Crippen LogP contribution in [0.1, 0.15) is 31.9 Å². The number of benzene rings is 1. The lowest BCUT2D eigenvalue weighted by Crippen LogP contribution is -2.29. The number of hydrogen-bond acceptors (Lipinski definition) is 3. The molecule has 1 fully saturated rings. The number of fused-ring (bicyclic) bond motifs is 1. The Labute approximate surface area is 116 Å². The number of aromatic amines is 2. The maximum absolute atomic E-state index is 11.4. The second-order valence-corrected chi connectivity index (χ2v) is 6.28. The molecule has 5 heteroatoms. The average molecular weight is 273 g/mol. The molecule has 106 valence electrons. The molecule has 2 aromatic rings. The van der Waals surface area contributed by atoms with Crippen molar-refractivity contribution >= 4 is 11.0 Å². The lowest BCUT2D eigenvalue weighted by Gasteiger charge is -2.19. The lowest BCUT2D eigenvalue weighted by atomic mass is 9.97. The first kappa shape index (κ1) is 13.1. The van der Waals surface area contributed by atoms with E-state index in [1.165, 1.54) is 6.42 Å². The van der Waals surface area contributed by atoms with Crippen LogP contribution in [-0.4, -0.2) is 17.0 Å². The minimum absolute atomic E-state index is 0.268. The van der Waals surface area contributed by atoms with Gasteiger partial charge in [-0.05, 0) is 42.5 Å². The van der Waals surface area contributed by atoms with Gasteiger partial charge >= 0.3 is 11.1 Å². The summed E-state index contributed by atoms with van der Waals surface area (Å²) in [4.78, 5) is 27.9. The smallest absolute Gasteiger partial charge is 0.314 e. The third kappa shape index (κ3) is 2.08. The molecule has 3 N–H and O–H groups in total. The SMILES string of the molecule is CNC(c1ccc2[nH]c(=O)c(=O)[nH]c2c1)C1CC1(C)C. The summed E-state index contributed by atoms with van der Waals surface area (Å²) in [6, 6.07) is 6.07. The Bertz CT molecular complexity index is 773. The third-order valence-corrected chi connectivity index (χ3v) is 4.41. The van der Waals surface area contributed by atoms with E-state index in [9.17, 15) is 9.59 Å². The van der Waals surface area contributed by atoms with Crippen molar-refractivity contribution in [1.82, 2.24) is 15.3 Å². The van der Waals surface area contributed by atoms with Gasteiger partial charge in [-0.25, -0.2) is 0 Å². The van der Waals surface area contributed by atoms with Crippen molar-refractivity contribution < 1.29 is 0 Å². The van der Waals surface area contributed by atoms with Crippen LogP contribution in [0.3, 0.4) is 0 Å². The molecule has 1 saturated carbocycles. The Hall–Kier alpha value is -1.88. The van der Waals surface area contributed by atoms with Crippen LogP contribution in [0.15, 0.2) is 27.8 Å². The number of H-pyrrole nitrogens is 2. The highest BCUT2D eigenvalue weighted by Crippen LogP contribution is 2.57. The summed E-state index contributed by atoms with van der Waals surface area (Å²) in [7, 11) is 1.96. The highest BCUT2D eigenvalue weighted by molar-refractivity contribution is 5.74. The summed E-state index contributed by atoms with van der Waals surface area (Å²) in [6.07, 6.45) is 1.19. The summed E-state index contributed by atoms with van der Waals surface area (Å²) < 4.78 is 0. The van der Waals surface area contributed by atoms with Gasteiger partial charge in [0.25, 0.3) is 0 Å². The Kier molecular flexibility index (Phi) is 2.83. The van der Waals surface area contributed by atoms with Gasteiger partial charge < -0.3 is 15.3 Å². The van der Waals surface area contributed by atoms with Crippen molar-refractivity contribution in [2.24, 2.45) is 11.3 Å². The van der Waals surface area contributed by atoms with E-state index < -0.39 is 11.1 Å². The maximum Gasteiger partial charge on any atom is 0.314 e. The standard InChI is InChI=1S/C15H19N3O2/c1-15(2)7-9(15)12(16-3)8-4-5-10-11(6-8)18-14(20)13(19)17-10/h4-6,9,12,16H,7H2,1-3H3,(H,17,19)(H,18,20). The van der Waals surface area contributed by atoms with E-state index in [4.69, 9.17) is 0 Å². The monoisotopic (exact) mass is 273 g/mol. The predicted molar refractivity (Wildman–Crippen MR) is 78.9 cm³/mol. The van der Waals surface area contributed by atoms with Crippen molar-refractivity contribution in [2.45, 2.75) is 26.3 Å². The van der Waals surface area contributed by atoms with Gasteiger partial charge in [0.05, 0.1) is 11.0 Å². The molecule has 1 aromatic heterocycles. The van der Waals surface area contributed by atoms with E-state index >= 15 is 0 Å². The molecule has 0 spiro atoms. The largest absolute Gasteiger partial charge is 0.316 e. The fourth-order valence-corrected chi connectivity index (χ4v) is 3.00. The molecule has 5 nitrogen and oxygen atoms in total. The van der Waals surface area contributed by atoms with E-state index in [1.54, 1.807) is 0 Å². The van der Waals surface area contributed by atoms with Crippen molar-refractivity contribution in [1.29, 1.82) is 0 Å². The predicted octanol–water partition coefficient (Wildman–Crippen LogP) is 1.52. The van der Waals surface area contributed by atoms with Crippen molar-refractivity contribution in [3.05, 3.63) is 44.5 Å². The van der Waals surface area contributed by atoms with Gasteiger partial charge in [-0.1, -0.05) is 19.9 Å². The first-order valence-corrected chi connectivity index (χ1v) is 6.86. The van der Waals surface area contributed by atoms with E-state index in [0.29, 0.717) is 22.4 Å². The number of hydrogen-bond donors (Lipinski definition) is 3. The molecule has 0 saturated heterocycles. The quantitative estimate of drug-likeness (QED) is 0.742. The third-order valence-electron chi connectivity index (χ3n) is 4.41. The minimum atomic E-state index is -0.612. The van der Waals surface area contributed by atoms with Crippen LogP contribution in [0, 0.1) is 11.3 Å². The molecule has 1 heterocycles. The summed E-state index contributed by atoms with van der Waals surface area (Å²) >= 11 is 0. The molecule has 0 aliphatic heterocycles. The minimum Gasteiger partial charge on any atom is -0.316 e. The second-order valence-electron chi connectivity index (χ2n) is 6.28. The van der Waals surface area contributed by atoms with Crippen molar-refractivity contribution in [2.75, 3.05) is 7.05 Å². The molecule has 1 aliphatic rings. The van der Waals surface area contributed by atoms with Crippen LogP contribution in [-0.2, 0) is 0 Å². The molecule has 3 rings (SSSR count). The van der Waals surface area contributed by atoms with E-state index in [1.807, 2.05) is 25.2 Å². The summed E-state index contributed by atoms with van der Waals surface area (Å²) in [5, 5.41) is 3.36. The molecule has 2 unspecified atom stereocenters. The van der Waals surface area contributed by atoms with Gasteiger partial charge in [-0.3, -0.25) is 9.59 Å². The maximum atomic E-state index is 11.4. The van der Waals surface area contributed by atoms with Gasteiger partial charge in [0.1, 0.15) is 0 Å². The fourth-order valence-electron chi connectivity index (χ4n) is 3.00. The zero-order chi connectivity index (χ0) is 14.5. The zero-order valence-corrected chi connectivity index (χ0v) is 11.9. The molecule has 1 aromatic carbocycles. The van der Waals surface area contributed by atoms with Crippen LogP contribution >= 0.6 is 0 Å². The molecule has 2 atom stereocenters. The van der Waals surface area contributed by atoms with Crippen LogP contribution < -0.4 is 16.4 Å². The van der Waals surface area contributed by atoms with E-state index in [0.717, 1.165) is 5.56 Å². The second kappa shape index (κ2) is 4.31. The van der Waals surface area contributed by atoms with Crippen molar-refractivity contribution in [3.63, 3.8) is 0 Å². The molecule has 0 bridgehead atoms. The summed E-state index contributed by atoms with van der Waals surface area (Å²) in [6.45, 7) is 4.53. The summed E-state index contributed by atoms with van der Waals surface area (Å²) in [5.74, 6) is 0.597. The fraction of sp³-hybridized carbons (Fsp3) is 0.467. The van der Waals surface area contributed by atoms with Crippen LogP contribution in [0.5, 0.6) is 0 Å². The van der Waals surface area contributed by atoms with Gasteiger partial charge in [0.2, 0.25) is 0 Å². The van der Waals surface area contributed by atoms with Crippen LogP contribution in [0.4, 0.5) is 0 Å². The number of nitrogens with one attached hydrogen (secondary N) is 3. The van der Waals surface area contributed by atoms with E-state index in [2.05, 4.69) is 29.1 Å². The Morgan fingerprint density at radius 3 is 2.35 bits per heavy atom. The number of rotatable bonds is 3. The van der Waals surface area contributed by atoms with Crippen molar-refractivity contribution in [3.8, 4) is 0 Å². The van der Waals surface area contributed by atoms with Gasteiger partial charge in [0, 0.05) is 6.04 Å². The molecule has 0 amide bonds. The highest BCUT2D eigenvalue weighted by Gasteiger charge is 2.50. The van der Waals surface area contributed by atoms with Crippen LogP contribution in [0.2, 0.25) is 0 Å². The molecule has 20 heavy (non-hydrogen) atoms. The first-order chi connectivity index (χ1) is 9.42.